The minimum absolute atomic E-state index is 0.0123. The van der Waals surface area contributed by atoms with Crippen molar-refractivity contribution in [1.29, 1.82) is 0 Å². The molecule has 2 aromatic rings. The monoisotopic (exact) mass is 606 g/mol. The highest BCUT2D eigenvalue weighted by molar-refractivity contribution is 5.90. The number of carbonyl (C=O) groups excluding carboxylic acids is 2. The van der Waals surface area contributed by atoms with Gasteiger partial charge in [0.05, 0.1) is 0 Å². The molecule has 1 aliphatic rings. The smallest absolute Gasteiger partial charge is 0.321 e. The van der Waals surface area contributed by atoms with E-state index >= 15 is 0 Å². The third kappa shape index (κ3) is 11.6. The van der Waals surface area contributed by atoms with Crippen molar-refractivity contribution < 1.29 is 9.59 Å². The van der Waals surface area contributed by atoms with Crippen molar-refractivity contribution in [2.75, 3.05) is 74.8 Å². The summed E-state index contributed by atoms with van der Waals surface area (Å²) in [5.41, 5.74) is 3.87. The average molecular weight is 607 g/mol. The van der Waals surface area contributed by atoms with E-state index in [9.17, 15) is 9.59 Å². The first-order chi connectivity index (χ1) is 21.2. The molecule has 0 spiro atoms. The average Bonchev–Trinajstić information content (AvgIpc) is 3.01. The molecular weight excluding hydrogens is 548 g/mol. The quantitative estimate of drug-likeness (QED) is 0.188. The van der Waals surface area contributed by atoms with Crippen LogP contribution >= 0.6 is 0 Å². The lowest BCUT2D eigenvalue weighted by Gasteiger charge is -2.36. The molecule has 8 nitrogen and oxygen atoms in total. The minimum Gasteiger partial charge on any atom is -0.378 e. The number of anilines is 4. The van der Waals surface area contributed by atoms with Crippen LogP contribution in [0.3, 0.4) is 0 Å². The Hall–Kier alpha value is -3.42. The van der Waals surface area contributed by atoms with E-state index in [1.54, 1.807) is 0 Å². The Kier molecular flexibility index (Phi) is 14.7. The van der Waals surface area contributed by atoms with E-state index in [1.807, 2.05) is 86.5 Å². The third-order valence-corrected chi connectivity index (χ3v) is 8.76. The number of nitrogens with one attached hydrogen (secondary N) is 2. The molecule has 2 N–H and O–H groups in total. The minimum atomic E-state index is -0.0123. The zero-order valence-corrected chi connectivity index (χ0v) is 28.3. The molecule has 0 aliphatic heterocycles. The lowest BCUT2D eigenvalue weighted by Crippen LogP contribution is -2.43. The highest BCUT2D eigenvalue weighted by Crippen LogP contribution is 2.31. The zero-order valence-electron chi connectivity index (χ0n) is 28.3. The van der Waals surface area contributed by atoms with Crippen molar-refractivity contribution in [2.24, 2.45) is 11.8 Å². The second-order valence-corrected chi connectivity index (χ2v) is 12.9. The Labute approximate surface area is 267 Å². The maximum atomic E-state index is 13.5. The summed E-state index contributed by atoms with van der Waals surface area (Å²) < 4.78 is 0. The van der Waals surface area contributed by atoms with Gasteiger partial charge in [-0.15, -0.1) is 0 Å². The standard InChI is InChI=1S/C36H58N6O2/c1-7-9-11-24-41(35(43)37-31-16-20-33(21-17-31)39(3)4)27-29-14-13-15-30(26-29)28-42(25-12-10-8-2)36(44)38-32-18-22-34(23-19-32)40(5)6/h16-23,29-30H,7-15,24-28H2,1-6H3,(H,37,43)(H,38,44). The first-order valence-electron chi connectivity index (χ1n) is 16.9. The van der Waals surface area contributed by atoms with Crippen molar-refractivity contribution in [3.8, 4) is 0 Å². The second-order valence-electron chi connectivity index (χ2n) is 12.9. The molecule has 44 heavy (non-hydrogen) atoms. The summed E-state index contributed by atoms with van der Waals surface area (Å²) in [5.74, 6) is 0.882. The number of unbranched alkanes of at least 4 members (excludes halogenated alkanes) is 4. The maximum absolute atomic E-state index is 13.5. The Morgan fingerprint density at radius 3 is 1.36 bits per heavy atom. The van der Waals surface area contributed by atoms with Crippen LogP contribution in [0, 0.1) is 11.8 Å². The molecule has 8 heteroatoms. The maximum Gasteiger partial charge on any atom is 0.321 e. The van der Waals surface area contributed by atoms with Gasteiger partial charge in [0.1, 0.15) is 0 Å². The summed E-state index contributed by atoms with van der Waals surface area (Å²) in [6.45, 7) is 7.47. The Morgan fingerprint density at radius 1 is 0.636 bits per heavy atom. The van der Waals surface area contributed by atoms with E-state index in [2.05, 4.69) is 34.3 Å². The number of nitrogens with zero attached hydrogens (tertiary/aromatic N) is 4. The van der Waals surface area contributed by atoms with Gasteiger partial charge in [-0.1, -0.05) is 46.0 Å². The SMILES string of the molecule is CCCCCN(CC1CCCC(CN(CCCCC)C(=O)Nc2ccc(N(C)C)cc2)C1)C(=O)Nc1ccc(N(C)C)cc1. The summed E-state index contributed by atoms with van der Waals surface area (Å²) in [7, 11) is 8.06. The molecular formula is C36H58N6O2. The third-order valence-electron chi connectivity index (χ3n) is 8.76. The lowest BCUT2D eigenvalue weighted by molar-refractivity contribution is 0.153. The topological polar surface area (TPSA) is 71.2 Å². The Morgan fingerprint density at radius 2 is 1.02 bits per heavy atom. The molecule has 0 radical (unpaired) electrons. The number of rotatable bonds is 16. The van der Waals surface area contributed by atoms with Gasteiger partial charge in [-0.25, -0.2) is 9.59 Å². The van der Waals surface area contributed by atoms with Gasteiger partial charge in [0.15, 0.2) is 0 Å². The van der Waals surface area contributed by atoms with Crippen LogP contribution in [0.4, 0.5) is 32.3 Å². The Balaban J connectivity index is 1.62. The van der Waals surface area contributed by atoms with Crippen LogP contribution in [0.5, 0.6) is 0 Å². The van der Waals surface area contributed by atoms with Crippen LogP contribution < -0.4 is 20.4 Å². The molecule has 0 bridgehead atoms. The van der Waals surface area contributed by atoms with Gasteiger partial charge in [0.2, 0.25) is 0 Å². The number of amides is 4. The molecule has 0 heterocycles. The molecule has 1 saturated carbocycles. The predicted molar refractivity (Wildman–Crippen MR) is 187 cm³/mol. The summed E-state index contributed by atoms with van der Waals surface area (Å²) in [5, 5.41) is 6.30. The van der Waals surface area contributed by atoms with Crippen LogP contribution in [-0.2, 0) is 0 Å². The fourth-order valence-electron chi connectivity index (χ4n) is 6.10. The van der Waals surface area contributed by atoms with Crippen LogP contribution in [0.1, 0.15) is 78.1 Å². The van der Waals surface area contributed by atoms with Crippen molar-refractivity contribution in [3.05, 3.63) is 48.5 Å². The first-order valence-corrected chi connectivity index (χ1v) is 16.9. The highest BCUT2D eigenvalue weighted by Gasteiger charge is 2.28. The molecule has 4 amide bonds. The van der Waals surface area contributed by atoms with E-state index in [-0.39, 0.29) is 12.1 Å². The van der Waals surface area contributed by atoms with Crippen LogP contribution in [0.15, 0.2) is 48.5 Å². The van der Waals surface area contributed by atoms with E-state index in [0.29, 0.717) is 11.8 Å². The summed E-state index contributed by atoms with van der Waals surface area (Å²) >= 11 is 0. The molecule has 2 atom stereocenters. The number of urea groups is 2. The molecule has 2 aromatic carbocycles. The van der Waals surface area contributed by atoms with Crippen molar-refractivity contribution in [2.45, 2.75) is 78.1 Å². The van der Waals surface area contributed by atoms with E-state index < -0.39 is 0 Å². The van der Waals surface area contributed by atoms with Crippen LogP contribution in [-0.4, -0.2) is 76.2 Å². The fraction of sp³-hybridized carbons (Fsp3) is 0.611. The molecule has 244 valence electrons. The highest BCUT2D eigenvalue weighted by atomic mass is 16.2. The first kappa shape index (κ1) is 35.1. The van der Waals surface area contributed by atoms with E-state index in [1.165, 1.54) is 0 Å². The van der Waals surface area contributed by atoms with Gasteiger partial charge >= 0.3 is 12.1 Å². The van der Waals surface area contributed by atoms with Gasteiger partial charge in [-0.05, 0) is 92.5 Å². The summed E-state index contributed by atoms with van der Waals surface area (Å²) in [6, 6.07) is 16.0. The van der Waals surface area contributed by atoms with Gasteiger partial charge in [0.25, 0.3) is 0 Å². The van der Waals surface area contributed by atoms with Gasteiger partial charge in [0, 0.05) is 77.1 Å². The van der Waals surface area contributed by atoms with Crippen molar-refractivity contribution in [3.63, 3.8) is 0 Å². The molecule has 1 fully saturated rings. The molecule has 2 unspecified atom stereocenters. The van der Waals surface area contributed by atoms with Gasteiger partial charge in [-0.2, -0.15) is 0 Å². The van der Waals surface area contributed by atoms with E-state index in [0.717, 1.165) is 113 Å². The zero-order chi connectivity index (χ0) is 31.9. The largest absolute Gasteiger partial charge is 0.378 e. The Bertz CT molecular complexity index is 1030. The van der Waals surface area contributed by atoms with Crippen LogP contribution in [0.25, 0.3) is 0 Å². The second kappa shape index (κ2) is 18.4. The molecule has 0 aromatic heterocycles. The van der Waals surface area contributed by atoms with Crippen molar-refractivity contribution >= 4 is 34.8 Å². The van der Waals surface area contributed by atoms with E-state index in [4.69, 9.17) is 0 Å². The normalized spacial score (nSPS) is 16.2. The van der Waals surface area contributed by atoms with Gasteiger partial charge in [-0.3, -0.25) is 0 Å². The number of carbonyl (C=O) groups is 2. The molecule has 3 rings (SSSR count). The number of hydrogen-bond acceptors (Lipinski definition) is 4. The molecule has 0 saturated heterocycles. The summed E-state index contributed by atoms with van der Waals surface area (Å²) in [4.78, 5) is 35.1. The lowest BCUT2D eigenvalue weighted by atomic mass is 9.81. The van der Waals surface area contributed by atoms with Crippen LogP contribution in [0.2, 0.25) is 0 Å². The number of benzene rings is 2. The predicted octanol–water partition coefficient (Wildman–Crippen LogP) is 8.37. The van der Waals surface area contributed by atoms with Gasteiger partial charge < -0.3 is 30.2 Å². The van der Waals surface area contributed by atoms with Crippen molar-refractivity contribution in [1.82, 2.24) is 9.80 Å². The summed E-state index contributed by atoms with van der Waals surface area (Å²) in [6.07, 6.45) is 11.0. The number of hydrogen-bond donors (Lipinski definition) is 2. The molecule has 1 aliphatic carbocycles. The fourth-order valence-corrected chi connectivity index (χ4v) is 6.10.